The molecule has 0 aliphatic rings. The second-order valence-electron chi connectivity index (χ2n) is 15.2. The molecule has 3 heterocycles. The van der Waals surface area contributed by atoms with Crippen molar-refractivity contribution >= 4 is 54.5 Å². The van der Waals surface area contributed by atoms with Gasteiger partial charge >= 0.3 is 0 Å². The third-order valence-electron chi connectivity index (χ3n) is 11.6. The Labute approximate surface area is 345 Å². The SMILES string of the molecule is c1ccc(-c2ccc3c4c5ccccc5ccc4n(-c4cc(-c5ccccc5)c5oc6cccc(-c7nc(-c8ccccc8)nc(-c8ccccc8)n7)c6c5c4)c3c2)cc1. The molecular weight excluding hydrogens is 733 g/mol. The number of nitrogens with zero attached hydrogens (tertiary/aromatic N) is 4. The predicted molar refractivity (Wildman–Crippen MR) is 246 cm³/mol. The first-order chi connectivity index (χ1) is 29.7. The Morgan fingerprint density at radius 1 is 0.350 bits per heavy atom. The topological polar surface area (TPSA) is 56.7 Å². The van der Waals surface area contributed by atoms with Gasteiger partial charge in [-0.3, -0.25) is 0 Å². The van der Waals surface area contributed by atoms with E-state index in [1.807, 2.05) is 72.8 Å². The summed E-state index contributed by atoms with van der Waals surface area (Å²) in [6.07, 6.45) is 0. The van der Waals surface area contributed by atoms with E-state index in [1.165, 1.54) is 27.1 Å². The van der Waals surface area contributed by atoms with Gasteiger partial charge in [-0.25, -0.2) is 15.0 Å². The summed E-state index contributed by atoms with van der Waals surface area (Å²) < 4.78 is 9.36. The van der Waals surface area contributed by atoms with Crippen LogP contribution in [0.4, 0.5) is 0 Å². The predicted octanol–water partition coefficient (Wildman–Crippen LogP) is 14.4. The quantitative estimate of drug-likeness (QED) is 0.169. The van der Waals surface area contributed by atoms with Crippen LogP contribution in [0.2, 0.25) is 0 Å². The van der Waals surface area contributed by atoms with Crippen LogP contribution in [0.1, 0.15) is 0 Å². The maximum atomic E-state index is 6.93. The summed E-state index contributed by atoms with van der Waals surface area (Å²) in [5, 5.41) is 6.80. The van der Waals surface area contributed by atoms with Gasteiger partial charge < -0.3 is 8.98 Å². The average Bonchev–Trinajstić information content (AvgIpc) is 3.88. The lowest BCUT2D eigenvalue weighted by atomic mass is 9.99. The van der Waals surface area contributed by atoms with Gasteiger partial charge in [-0.2, -0.15) is 0 Å². The molecule has 9 aromatic carbocycles. The molecule has 0 amide bonds. The van der Waals surface area contributed by atoms with Gasteiger partial charge in [0.25, 0.3) is 0 Å². The van der Waals surface area contributed by atoms with E-state index in [2.05, 4.69) is 138 Å². The zero-order valence-electron chi connectivity index (χ0n) is 32.3. The Hall–Kier alpha value is -8.15. The Bertz CT molecular complexity index is 3520. The summed E-state index contributed by atoms with van der Waals surface area (Å²) in [5.74, 6) is 1.81. The lowest BCUT2D eigenvalue weighted by Crippen LogP contribution is -2.00. The highest BCUT2D eigenvalue weighted by molar-refractivity contribution is 6.22. The molecule has 5 nitrogen and oxygen atoms in total. The largest absolute Gasteiger partial charge is 0.455 e. The van der Waals surface area contributed by atoms with Crippen molar-refractivity contribution < 1.29 is 4.42 Å². The van der Waals surface area contributed by atoms with Crippen LogP contribution in [-0.2, 0) is 0 Å². The van der Waals surface area contributed by atoms with E-state index in [1.54, 1.807) is 0 Å². The minimum Gasteiger partial charge on any atom is -0.455 e. The average molecular weight is 767 g/mol. The number of furan rings is 1. The Kier molecular flexibility index (Phi) is 7.78. The second-order valence-corrected chi connectivity index (χ2v) is 15.2. The Morgan fingerprint density at radius 3 is 1.67 bits per heavy atom. The lowest BCUT2D eigenvalue weighted by molar-refractivity contribution is 0.670. The van der Waals surface area contributed by atoms with Crippen LogP contribution in [0.5, 0.6) is 0 Å². The van der Waals surface area contributed by atoms with Crippen LogP contribution >= 0.6 is 0 Å². The van der Waals surface area contributed by atoms with E-state index in [4.69, 9.17) is 19.4 Å². The zero-order valence-corrected chi connectivity index (χ0v) is 32.3. The lowest BCUT2D eigenvalue weighted by Gasteiger charge is -2.13. The van der Waals surface area contributed by atoms with Crippen LogP contribution in [0, 0.1) is 0 Å². The van der Waals surface area contributed by atoms with Crippen molar-refractivity contribution in [2.24, 2.45) is 0 Å². The van der Waals surface area contributed by atoms with Gasteiger partial charge in [0, 0.05) is 49.5 Å². The minimum atomic E-state index is 0.582. The van der Waals surface area contributed by atoms with Gasteiger partial charge in [-0.05, 0) is 57.8 Å². The van der Waals surface area contributed by atoms with E-state index >= 15 is 0 Å². The number of fused-ring (bicyclic) bond motifs is 8. The van der Waals surface area contributed by atoms with Gasteiger partial charge in [0.2, 0.25) is 0 Å². The molecule has 0 aliphatic carbocycles. The fourth-order valence-corrected chi connectivity index (χ4v) is 8.87. The molecule has 0 bridgehead atoms. The number of rotatable bonds is 6. The Balaban J connectivity index is 1.18. The number of hydrogen-bond acceptors (Lipinski definition) is 4. The first-order valence-corrected chi connectivity index (χ1v) is 20.2. The highest BCUT2D eigenvalue weighted by Gasteiger charge is 2.23. The molecule has 5 heteroatoms. The zero-order chi connectivity index (χ0) is 39.6. The first-order valence-electron chi connectivity index (χ1n) is 20.2. The minimum absolute atomic E-state index is 0.582. The van der Waals surface area contributed by atoms with E-state index < -0.39 is 0 Å². The summed E-state index contributed by atoms with van der Waals surface area (Å²) >= 11 is 0. The molecule has 280 valence electrons. The fraction of sp³-hybridized carbons (Fsp3) is 0. The molecule has 0 saturated heterocycles. The molecule has 0 fully saturated rings. The normalized spacial score (nSPS) is 11.7. The van der Waals surface area contributed by atoms with Gasteiger partial charge in [-0.1, -0.05) is 176 Å². The van der Waals surface area contributed by atoms with E-state index in [-0.39, 0.29) is 0 Å². The van der Waals surface area contributed by atoms with Crippen LogP contribution in [0.25, 0.3) is 117 Å². The van der Waals surface area contributed by atoms with Crippen molar-refractivity contribution in [1.29, 1.82) is 0 Å². The standard InChI is InChI=1S/C55H34N4O/c1-5-16-35(17-6-1)40-28-30-43-48(32-40)59(47-31-29-37-20-13-14-25-42(37)50(43)47)41-33-45(36-18-7-2-8-19-36)52-46(34-41)51-44(26-15-27-49(51)60-52)55-57-53(38-21-9-3-10-22-38)56-54(58-55)39-23-11-4-12-24-39/h1-34H. The smallest absolute Gasteiger partial charge is 0.164 e. The summed E-state index contributed by atoms with van der Waals surface area (Å²) in [6.45, 7) is 0. The summed E-state index contributed by atoms with van der Waals surface area (Å²) in [5.41, 5.74) is 12.0. The van der Waals surface area contributed by atoms with E-state index in [9.17, 15) is 0 Å². The molecule has 12 aromatic rings. The highest BCUT2D eigenvalue weighted by Crippen LogP contribution is 2.44. The molecule has 0 saturated carbocycles. The van der Waals surface area contributed by atoms with Crippen LogP contribution in [-0.4, -0.2) is 19.5 Å². The molecule has 0 aliphatic heterocycles. The van der Waals surface area contributed by atoms with E-state index in [0.29, 0.717) is 17.5 Å². The van der Waals surface area contributed by atoms with Crippen molar-refractivity contribution in [1.82, 2.24) is 19.5 Å². The van der Waals surface area contributed by atoms with Gasteiger partial charge in [0.15, 0.2) is 17.5 Å². The molecule has 3 aromatic heterocycles. The van der Waals surface area contributed by atoms with Crippen molar-refractivity contribution in [3.8, 4) is 62.1 Å². The molecule has 0 spiro atoms. The molecule has 60 heavy (non-hydrogen) atoms. The van der Waals surface area contributed by atoms with Crippen LogP contribution < -0.4 is 0 Å². The maximum Gasteiger partial charge on any atom is 0.164 e. The third kappa shape index (κ3) is 5.52. The molecule has 0 radical (unpaired) electrons. The summed E-state index contributed by atoms with van der Waals surface area (Å²) in [7, 11) is 0. The maximum absolute atomic E-state index is 6.93. The Morgan fingerprint density at radius 2 is 0.967 bits per heavy atom. The van der Waals surface area contributed by atoms with Crippen molar-refractivity contribution in [2.45, 2.75) is 0 Å². The molecule has 12 rings (SSSR count). The van der Waals surface area contributed by atoms with Crippen LogP contribution in [0.15, 0.2) is 211 Å². The van der Waals surface area contributed by atoms with Crippen molar-refractivity contribution in [3.63, 3.8) is 0 Å². The fourth-order valence-electron chi connectivity index (χ4n) is 8.87. The van der Waals surface area contributed by atoms with E-state index in [0.717, 1.165) is 72.0 Å². The van der Waals surface area contributed by atoms with Gasteiger partial charge in [-0.15, -0.1) is 0 Å². The first kappa shape index (κ1) is 33.9. The number of hydrogen-bond donors (Lipinski definition) is 0. The highest BCUT2D eigenvalue weighted by atomic mass is 16.3. The molecular formula is C55H34N4O. The molecule has 0 N–H and O–H groups in total. The van der Waals surface area contributed by atoms with Gasteiger partial charge in [0.1, 0.15) is 11.2 Å². The van der Waals surface area contributed by atoms with Crippen molar-refractivity contribution in [2.75, 3.05) is 0 Å². The van der Waals surface area contributed by atoms with Crippen molar-refractivity contribution in [3.05, 3.63) is 206 Å². The molecule has 0 atom stereocenters. The van der Waals surface area contributed by atoms with Gasteiger partial charge in [0.05, 0.1) is 11.0 Å². The summed E-state index contributed by atoms with van der Waals surface area (Å²) in [4.78, 5) is 15.3. The third-order valence-corrected chi connectivity index (χ3v) is 11.6. The van der Waals surface area contributed by atoms with Crippen LogP contribution in [0.3, 0.4) is 0 Å². The number of aromatic nitrogens is 4. The summed E-state index contributed by atoms with van der Waals surface area (Å²) in [6, 6.07) is 72.2. The molecule has 0 unspecified atom stereocenters. The second kappa shape index (κ2) is 13.8. The monoisotopic (exact) mass is 766 g/mol. The number of benzene rings is 9.